The maximum atomic E-state index is 11.8. The van der Waals surface area contributed by atoms with Gasteiger partial charge in [0.2, 0.25) is 0 Å². The molecule has 5 rings (SSSR count). The van der Waals surface area contributed by atoms with Crippen LogP contribution in [0, 0.1) is 5.41 Å². The van der Waals surface area contributed by atoms with E-state index in [0.29, 0.717) is 24.6 Å². The molecule has 6 nitrogen and oxygen atoms in total. The topological polar surface area (TPSA) is 77.5 Å². The van der Waals surface area contributed by atoms with Crippen molar-refractivity contribution in [2.24, 2.45) is 5.41 Å². The van der Waals surface area contributed by atoms with E-state index < -0.39 is 11.4 Å². The lowest BCUT2D eigenvalue weighted by Gasteiger charge is -2.20. The number of carboxylic acid groups (broad SMARTS) is 1. The van der Waals surface area contributed by atoms with Crippen molar-refractivity contribution in [3.05, 3.63) is 95.0 Å². The van der Waals surface area contributed by atoms with Crippen molar-refractivity contribution in [2.75, 3.05) is 0 Å². The number of aromatic nitrogens is 2. The molecule has 1 N–H and O–H groups in total. The van der Waals surface area contributed by atoms with Crippen molar-refractivity contribution in [1.29, 1.82) is 0 Å². The van der Waals surface area contributed by atoms with Crippen LogP contribution in [0.1, 0.15) is 30.8 Å². The van der Waals surface area contributed by atoms with E-state index in [2.05, 4.69) is 15.6 Å². The molecule has 0 spiro atoms. The third-order valence-corrected chi connectivity index (χ3v) is 6.42. The van der Waals surface area contributed by atoms with Gasteiger partial charge in [-0.15, -0.1) is 0 Å². The molecule has 7 heteroatoms. The molecule has 0 unspecified atom stereocenters. The van der Waals surface area contributed by atoms with Gasteiger partial charge in [0.05, 0.1) is 17.4 Å². The van der Waals surface area contributed by atoms with E-state index >= 15 is 0 Å². The average Bonchev–Trinajstić information content (AvgIpc) is 3.42. The van der Waals surface area contributed by atoms with Gasteiger partial charge in [-0.2, -0.15) is 0 Å². The van der Waals surface area contributed by atoms with Crippen molar-refractivity contribution in [2.45, 2.75) is 33.4 Å². The zero-order valence-electron chi connectivity index (χ0n) is 19.5. The fourth-order valence-corrected chi connectivity index (χ4v) is 4.29. The van der Waals surface area contributed by atoms with E-state index in [9.17, 15) is 9.90 Å². The van der Waals surface area contributed by atoms with Crippen LogP contribution in [0.25, 0.3) is 22.0 Å². The first-order valence-corrected chi connectivity index (χ1v) is 11.7. The monoisotopic (exact) mass is 488 g/mol. The van der Waals surface area contributed by atoms with Gasteiger partial charge in [0.15, 0.2) is 5.58 Å². The van der Waals surface area contributed by atoms with Crippen LogP contribution < -0.4 is 4.74 Å². The summed E-state index contributed by atoms with van der Waals surface area (Å²) < 4.78 is 13.5. The molecule has 2 aromatic carbocycles. The average molecular weight is 489 g/mol. The Bertz CT molecular complexity index is 1520. The van der Waals surface area contributed by atoms with Gasteiger partial charge < -0.3 is 18.8 Å². The molecule has 3 aromatic heterocycles. The van der Waals surface area contributed by atoms with Crippen LogP contribution in [0.5, 0.6) is 5.75 Å². The van der Waals surface area contributed by atoms with Crippen molar-refractivity contribution in [1.82, 2.24) is 9.55 Å². The Morgan fingerprint density at radius 1 is 1.09 bits per heavy atom. The number of pyridine rings is 1. The number of hydrogen-bond donors (Lipinski definition) is 1. The molecule has 3 heterocycles. The number of furan rings is 1. The van der Waals surface area contributed by atoms with Crippen molar-refractivity contribution < 1.29 is 19.1 Å². The van der Waals surface area contributed by atoms with Crippen LogP contribution in [0.4, 0.5) is 0 Å². The van der Waals surface area contributed by atoms with Gasteiger partial charge in [-0.05, 0) is 67.9 Å². The molecule has 5 aromatic rings. The van der Waals surface area contributed by atoms with Gasteiger partial charge in [0.1, 0.15) is 17.9 Å². The molecule has 0 amide bonds. The first-order chi connectivity index (χ1) is 16.8. The Balaban J connectivity index is 1.45. The van der Waals surface area contributed by atoms with Gasteiger partial charge in [0.25, 0.3) is 0 Å². The Morgan fingerprint density at radius 2 is 1.89 bits per heavy atom. The highest BCUT2D eigenvalue weighted by Crippen LogP contribution is 2.31. The standard InChI is InChI=1S/C28H25ClN2O4/c1-28(2,27(32)33)15-22-13-19-14-23(35-17-21-7-10-26-24(30-21)11-12-34-26)8-9-25(19)31(22)16-18-3-5-20(29)6-4-18/h3-14H,15-17H2,1-2H3,(H,32,33). The van der Waals surface area contributed by atoms with E-state index in [4.69, 9.17) is 20.8 Å². The normalized spacial score (nSPS) is 11.9. The van der Waals surface area contributed by atoms with Crippen LogP contribution >= 0.6 is 11.6 Å². The zero-order valence-corrected chi connectivity index (χ0v) is 20.2. The molecule has 35 heavy (non-hydrogen) atoms. The second-order valence-electron chi connectivity index (χ2n) is 9.33. The van der Waals surface area contributed by atoms with Crippen LogP contribution in [-0.4, -0.2) is 20.6 Å². The summed E-state index contributed by atoms with van der Waals surface area (Å²) in [4.78, 5) is 16.4. The fraction of sp³-hybridized carbons (Fsp3) is 0.214. The minimum atomic E-state index is -0.900. The van der Waals surface area contributed by atoms with Gasteiger partial charge in [-0.25, -0.2) is 4.98 Å². The SMILES string of the molecule is CC(C)(Cc1cc2cc(OCc3ccc4occc4n3)ccc2n1Cc1ccc(Cl)cc1)C(=O)O. The van der Waals surface area contributed by atoms with Crippen molar-refractivity contribution in [3.8, 4) is 5.75 Å². The fourth-order valence-electron chi connectivity index (χ4n) is 4.16. The highest BCUT2D eigenvalue weighted by molar-refractivity contribution is 6.30. The molecule has 178 valence electrons. The van der Waals surface area contributed by atoms with Gasteiger partial charge in [0, 0.05) is 40.7 Å². The first-order valence-electron chi connectivity index (χ1n) is 11.3. The Morgan fingerprint density at radius 3 is 2.66 bits per heavy atom. The maximum absolute atomic E-state index is 11.8. The smallest absolute Gasteiger partial charge is 0.309 e. The van der Waals surface area contributed by atoms with Gasteiger partial charge >= 0.3 is 5.97 Å². The molecular formula is C28H25ClN2O4. The summed E-state index contributed by atoms with van der Waals surface area (Å²) in [6, 6.07) is 21.3. The van der Waals surface area contributed by atoms with Gasteiger partial charge in [-0.3, -0.25) is 4.79 Å². The van der Waals surface area contributed by atoms with E-state index in [1.807, 2.05) is 60.7 Å². The zero-order chi connectivity index (χ0) is 24.6. The summed E-state index contributed by atoms with van der Waals surface area (Å²) in [5, 5.41) is 11.4. The van der Waals surface area contributed by atoms with E-state index in [1.165, 1.54) is 0 Å². The summed E-state index contributed by atoms with van der Waals surface area (Å²) in [5.74, 6) is -0.105. The van der Waals surface area contributed by atoms with E-state index in [-0.39, 0.29) is 0 Å². The van der Waals surface area contributed by atoms with Crippen molar-refractivity contribution >= 4 is 39.6 Å². The molecule has 0 saturated heterocycles. The van der Waals surface area contributed by atoms with Crippen molar-refractivity contribution in [3.63, 3.8) is 0 Å². The maximum Gasteiger partial charge on any atom is 0.309 e. The molecule has 0 aliphatic heterocycles. The number of halogens is 1. The van der Waals surface area contributed by atoms with E-state index in [1.54, 1.807) is 20.1 Å². The van der Waals surface area contributed by atoms with Crippen LogP contribution in [-0.2, 0) is 24.4 Å². The molecule has 0 saturated carbocycles. The molecule has 0 aliphatic carbocycles. The van der Waals surface area contributed by atoms with E-state index in [0.717, 1.165) is 44.7 Å². The molecular weight excluding hydrogens is 464 g/mol. The predicted octanol–water partition coefficient (Wildman–Crippen LogP) is 6.72. The number of hydrogen-bond acceptors (Lipinski definition) is 4. The predicted molar refractivity (Wildman–Crippen MR) is 136 cm³/mol. The number of fused-ring (bicyclic) bond motifs is 2. The second kappa shape index (κ2) is 9.12. The largest absolute Gasteiger partial charge is 0.487 e. The highest BCUT2D eigenvalue weighted by atomic mass is 35.5. The summed E-state index contributed by atoms with van der Waals surface area (Å²) in [7, 11) is 0. The summed E-state index contributed by atoms with van der Waals surface area (Å²) in [5.41, 5.74) is 4.50. The molecule has 0 fully saturated rings. The summed E-state index contributed by atoms with van der Waals surface area (Å²) in [6.07, 6.45) is 2.02. The first kappa shape index (κ1) is 23.0. The Kier molecular flexibility index (Phi) is 5.99. The molecule has 0 radical (unpaired) electrons. The van der Waals surface area contributed by atoms with Crippen LogP contribution in [0.15, 0.2) is 77.4 Å². The number of ether oxygens (including phenoxy) is 1. The number of carboxylic acids is 1. The number of nitrogens with zero attached hydrogens (tertiary/aromatic N) is 2. The summed E-state index contributed by atoms with van der Waals surface area (Å²) in [6.45, 7) is 4.44. The number of carbonyl (C=O) groups is 1. The number of aliphatic carboxylic acids is 1. The van der Waals surface area contributed by atoms with Crippen LogP contribution in [0.3, 0.4) is 0 Å². The van der Waals surface area contributed by atoms with Crippen LogP contribution in [0.2, 0.25) is 5.02 Å². The van der Waals surface area contributed by atoms with Gasteiger partial charge in [-0.1, -0.05) is 23.7 Å². The summed E-state index contributed by atoms with van der Waals surface area (Å²) >= 11 is 6.06. The number of rotatable bonds is 8. The molecule has 0 bridgehead atoms. The molecule has 0 atom stereocenters. The molecule has 0 aliphatic rings. The highest BCUT2D eigenvalue weighted by Gasteiger charge is 2.29. The minimum Gasteiger partial charge on any atom is -0.487 e. The third-order valence-electron chi connectivity index (χ3n) is 6.17. The quantitative estimate of drug-likeness (QED) is 0.262. The minimum absolute atomic E-state index is 0.330. The lowest BCUT2D eigenvalue weighted by molar-refractivity contribution is -0.146. The lowest BCUT2D eigenvalue weighted by atomic mass is 9.88. The lowest BCUT2D eigenvalue weighted by Crippen LogP contribution is -2.27. The number of benzene rings is 2. The Labute approximate surface area is 207 Å². The third kappa shape index (κ3) is 4.88. The Hall–Kier alpha value is -3.77. The second-order valence-corrected chi connectivity index (χ2v) is 9.77.